The first-order valence-corrected chi connectivity index (χ1v) is 6.18. The highest BCUT2D eigenvalue weighted by atomic mass is 16.6. The maximum absolute atomic E-state index is 11.6. The smallest absolute Gasteiger partial charge is 0.407 e. The standard InChI is InChI=1S/C12H22N2O2/c1-12(2,3)16-11(15)14-10-6-8-4-5-9(7-10)13-8/h8-10,13H,4-7H2,1-3H3,(H,14,15)/t8-,9-/m1/s1. The minimum absolute atomic E-state index is 0.279. The van der Waals surface area contributed by atoms with Gasteiger partial charge >= 0.3 is 6.09 Å². The number of nitrogens with one attached hydrogen (secondary N) is 2. The molecule has 2 fully saturated rings. The van der Waals surface area contributed by atoms with Crippen molar-refractivity contribution in [2.45, 2.75) is 70.2 Å². The molecule has 2 saturated heterocycles. The van der Waals surface area contributed by atoms with Crippen molar-refractivity contribution in [1.29, 1.82) is 0 Å². The van der Waals surface area contributed by atoms with Gasteiger partial charge in [-0.25, -0.2) is 4.79 Å². The van der Waals surface area contributed by atoms with Crippen molar-refractivity contribution in [1.82, 2.24) is 10.6 Å². The number of hydrogen-bond acceptors (Lipinski definition) is 3. The predicted octanol–water partition coefficient (Wildman–Crippen LogP) is 1.79. The maximum Gasteiger partial charge on any atom is 0.407 e. The van der Waals surface area contributed by atoms with Crippen LogP contribution in [0.2, 0.25) is 0 Å². The first-order chi connectivity index (χ1) is 7.42. The molecule has 0 aromatic heterocycles. The Hall–Kier alpha value is -0.770. The van der Waals surface area contributed by atoms with Crippen molar-refractivity contribution in [3.63, 3.8) is 0 Å². The monoisotopic (exact) mass is 226 g/mol. The summed E-state index contributed by atoms with van der Waals surface area (Å²) in [6.07, 6.45) is 4.29. The van der Waals surface area contributed by atoms with Gasteiger partial charge in [0.25, 0.3) is 0 Å². The van der Waals surface area contributed by atoms with E-state index in [1.807, 2.05) is 20.8 Å². The molecule has 1 amide bonds. The molecule has 2 atom stereocenters. The average Bonchev–Trinajstić information content (AvgIpc) is 2.42. The third kappa shape index (κ3) is 3.11. The van der Waals surface area contributed by atoms with E-state index in [4.69, 9.17) is 4.74 Å². The molecule has 0 saturated carbocycles. The zero-order valence-corrected chi connectivity index (χ0v) is 10.4. The van der Waals surface area contributed by atoms with Crippen molar-refractivity contribution in [3.05, 3.63) is 0 Å². The molecular weight excluding hydrogens is 204 g/mol. The molecule has 0 radical (unpaired) electrons. The lowest BCUT2D eigenvalue weighted by Crippen LogP contribution is -2.49. The van der Waals surface area contributed by atoms with Crippen LogP contribution in [0.4, 0.5) is 4.79 Å². The third-order valence-corrected chi connectivity index (χ3v) is 3.19. The van der Waals surface area contributed by atoms with Crippen LogP contribution in [-0.2, 0) is 4.74 Å². The number of ether oxygens (including phenoxy) is 1. The van der Waals surface area contributed by atoms with Crippen LogP contribution in [-0.4, -0.2) is 29.8 Å². The van der Waals surface area contributed by atoms with Crippen LogP contribution in [0, 0.1) is 0 Å². The Labute approximate surface area is 97.1 Å². The highest BCUT2D eigenvalue weighted by Crippen LogP contribution is 2.26. The largest absolute Gasteiger partial charge is 0.444 e. The minimum Gasteiger partial charge on any atom is -0.444 e. The van der Waals surface area contributed by atoms with Crippen LogP contribution in [0.25, 0.3) is 0 Å². The fourth-order valence-electron chi connectivity index (χ4n) is 2.65. The van der Waals surface area contributed by atoms with E-state index < -0.39 is 5.60 Å². The van der Waals surface area contributed by atoms with Crippen molar-refractivity contribution in [2.75, 3.05) is 0 Å². The Bertz CT molecular complexity index is 261. The Morgan fingerprint density at radius 1 is 1.25 bits per heavy atom. The van der Waals surface area contributed by atoms with Crippen LogP contribution in [0.5, 0.6) is 0 Å². The summed E-state index contributed by atoms with van der Waals surface area (Å²) in [6, 6.07) is 1.48. The summed E-state index contributed by atoms with van der Waals surface area (Å²) in [5.41, 5.74) is -0.407. The molecule has 16 heavy (non-hydrogen) atoms. The molecule has 0 aromatic carbocycles. The van der Waals surface area contributed by atoms with E-state index >= 15 is 0 Å². The fourth-order valence-corrected chi connectivity index (χ4v) is 2.65. The summed E-state index contributed by atoms with van der Waals surface area (Å²) < 4.78 is 5.26. The van der Waals surface area contributed by atoms with Gasteiger partial charge in [0.1, 0.15) is 5.60 Å². The summed E-state index contributed by atoms with van der Waals surface area (Å²) in [5, 5.41) is 6.52. The van der Waals surface area contributed by atoms with Crippen LogP contribution in [0.15, 0.2) is 0 Å². The average molecular weight is 226 g/mol. The summed E-state index contributed by atoms with van der Waals surface area (Å²) in [4.78, 5) is 11.6. The zero-order valence-electron chi connectivity index (χ0n) is 10.4. The summed E-state index contributed by atoms with van der Waals surface area (Å²) in [7, 11) is 0. The molecule has 0 aromatic rings. The first kappa shape index (κ1) is 11.7. The second-order valence-electron chi connectivity index (χ2n) is 5.95. The van der Waals surface area contributed by atoms with Gasteiger partial charge in [0, 0.05) is 18.1 Å². The van der Waals surface area contributed by atoms with Crippen molar-refractivity contribution in [2.24, 2.45) is 0 Å². The summed E-state index contributed by atoms with van der Waals surface area (Å²) >= 11 is 0. The van der Waals surface area contributed by atoms with E-state index in [1.54, 1.807) is 0 Å². The predicted molar refractivity (Wildman–Crippen MR) is 62.3 cm³/mol. The van der Waals surface area contributed by atoms with Crippen LogP contribution < -0.4 is 10.6 Å². The number of carbonyl (C=O) groups is 1. The van der Waals surface area contributed by atoms with Crippen molar-refractivity contribution < 1.29 is 9.53 Å². The second kappa shape index (κ2) is 4.24. The van der Waals surface area contributed by atoms with Gasteiger partial charge in [0.15, 0.2) is 0 Å². The summed E-state index contributed by atoms with van der Waals surface area (Å²) in [5.74, 6) is 0. The zero-order chi connectivity index (χ0) is 11.8. The van der Waals surface area contributed by atoms with Gasteiger partial charge in [0.2, 0.25) is 0 Å². The van der Waals surface area contributed by atoms with Gasteiger partial charge in [-0.05, 0) is 46.5 Å². The highest BCUT2D eigenvalue weighted by Gasteiger charge is 2.34. The minimum atomic E-state index is -0.407. The van der Waals surface area contributed by atoms with Gasteiger partial charge in [0.05, 0.1) is 0 Å². The normalized spacial score (nSPS) is 33.6. The number of hydrogen-bond donors (Lipinski definition) is 2. The Kier molecular flexibility index (Phi) is 3.10. The highest BCUT2D eigenvalue weighted by molar-refractivity contribution is 5.68. The fraction of sp³-hybridized carbons (Fsp3) is 0.917. The van der Waals surface area contributed by atoms with E-state index in [0.29, 0.717) is 12.1 Å². The van der Waals surface area contributed by atoms with Crippen molar-refractivity contribution >= 4 is 6.09 Å². The Balaban J connectivity index is 1.79. The number of amides is 1. The molecule has 4 nitrogen and oxygen atoms in total. The Morgan fingerprint density at radius 2 is 1.81 bits per heavy atom. The molecule has 2 aliphatic heterocycles. The molecule has 2 bridgehead atoms. The quantitative estimate of drug-likeness (QED) is 0.716. The lowest BCUT2D eigenvalue weighted by molar-refractivity contribution is 0.0489. The van der Waals surface area contributed by atoms with Gasteiger partial charge in [-0.2, -0.15) is 0 Å². The number of rotatable bonds is 1. The van der Waals surface area contributed by atoms with E-state index in [-0.39, 0.29) is 12.1 Å². The maximum atomic E-state index is 11.6. The van der Waals surface area contributed by atoms with Gasteiger partial charge in [-0.15, -0.1) is 0 Å². The van der Waals surface area contributed by atoms with E-state index in [9.17, 15) is 4.79 Å². The van der Waals surface area contributed by atoms with Gasteiger partial charge < -0.3 is 15.4 Å². The number of piperidine rings is 1. The Morgan fingerprint density at radius 3 is 2.31 bits per heavy atom. The van der Waals surface area contributed by atoms with Gasteiger partial charge in [-0.3, -0.25) is 0 Å². The van der Waals surface area contributed by atoms with E-state index in [1.165, 1.54) is 12.8 Å². The van der Waals surface area contributed by atoms with E-state index in [2.05, 4.69) is 10.6 Å². The molecule has 2 aliphatic rings. The SMILES string of the molecule is CC(C)(C)OC(=O)NC1C[C@H]2CC[C@H](C1)N2. The number of fused-ring (bicyclic) bond motifs is 2. The molecular formula is C12H22N2O2. The molecule has 4 heteroatoms. The summed E-state index contributed by atoms with van der Waals surface area (Å²) in [6.45, 7) is 5.66. The molecule has 0 spiro atoms. The lowest BCUT2D eigenvalue weighted by atomic mass is 10.0. The third-order valence-electron chi connectivity index (χ3n) is 3.19. The molecule has 2 heterocycles. The van der Waals surface area contributed by atoms with Crippen molar-refractivity contribution in [3.8, 4) is 0 Å². The van der Waals surface area contributed by atoms with Crippen LogP contribution >= 0.6 is 0 Å². The molecule has 0 unspecified atom stereocenters. The molecule has 2 N–H and O–H groups in total. The van der Waals surface area contributed by atoms with Crippen LogP contribution in [0.3, 0.4) is 0 Å². The van der Waals surface area contributed by atoms with E-state index in [0.717, 1.165) is 12.8 Å². The molecule has 92 valence electrons. The molecule has 0 aliphatic carbocycles. The van der Waals surface area contributed by atoms with Gasteiger partial charge in [-0.1, -0.05) is 0 Å². The van der Waals surface area contributed by atoms with Crippen LogP contribution in [0.1, 0.15) is 46.5 Å². The second-order valence-corrected chi connectivity index (χ2v) is 5.95. The lowest BCUT2D eigenvalue weighted by Gasteiger charge is -2.30. The topological polar surface area (TPSA) is 50.4 Å². The number of alkyl carbamates (subject to hydrolysis) is 1. The first-order valence-electron chi connectivity index (χ1n) is 6.18. The number of carbonyl (C=O) groups excluding carboxylic acids is 1. The molecule has 2 rings (SSSR count).